The van der Waals surface area contributed by atoms with Crippen molar-refractivity contribution in [1.29, 1.82) is 0 Å². The minimum absolute atomic E-state index is 0. The average Bonchev–Trinajstić information content (AvgIpc) is 0.811. The van der Waals surface area contributed by atoms with Crippen LogP contribution in [-0.4, -0.2) is 5.09 Å². The minimum Gasteiger partial charge on any atom is -0.356 e. The summed E-state index contributed by atoms with van der Waals surface area (Å²) in [5.41, 5.74) is 0. The van der Waals surface area contributed by atoms with Crippen LogP contribution in [-0.2, 0) is 19.5 Å². The second kappa shape index (κ2) is 3.82. The van der Waals surface area contributed by atoms with E-state index in [1.165, 1.54) is 0 Å². The van der Waals surface area contributed by atoms with Gasteiger partial charge in [-0.05, 0) is 0 Å². The van der Waals surface area contributed by atoms with Crippen LogP contribution in [0.2, 0.25) is 0 Å². The third-order valence-corrected chi connectivity index (χ3v) is 0. The van der Waals surface area contributed by atoms with Crippen molar-refractivity contribution in [3.63, 3.8) is 0 Å². The van der Waals surface area contributed by atoms with E-state index in [0.717, 1.165) is 0 Å². The van der Waals surface area contributed by atoms with E-state index in [1.807, 2.05) is 0 Å². The fourth-order valence-electron chi connectivity index (χ4n) is 0. The molecule has 0 amide bonds. The van der Waals surface area contributed by atoms with Crippen molar-refractivity contribution in [3.05, 3.63) is 15.3 Å². The van der Waals surface area contributed by atoms with E-state index >= 15 is 0 Å². The van der Waals surface area contributed by atoms with Crippen LogP contribution in [0.4, 0.5) is 0 Å². The topological polar surface area (TPSA) is 66.2 Å². The Morgan fingerprint density at radius 3 is 1.60 bits per heavy atom. The molecule has 0 saturated carbocycles. The van der Waals surface area contributed by atoms with Gasteiger partial charge in [0, 0.05) is 19.5 Å². The molecule has 0 aromatic rings. The average molecular weight is 128 g/mol. The second-order valence-corrected chi connectivity index (χ2v) is 0.224. The zero-order chi connectivity index (χ0) is 3.58. The molecule has 26 valence electrons. The summed E-state index contributed by atoms with van der Waals surface area (Å²) in [6.07, 6.45) is 0. The first kappa shape index (κ1) is 8.85. The van der Waals surface area contributed by atoms with E-state index in [1.54, 1.807) is 0 Å². The van der Waals surface area contributed by atoms with Gasteiger partial charge in [-0.1, -0.05) is 0 Å². The van der Waals surface area contributed by atoms with Crippen LogP contribution in [0.25, 0.3) is 0 Å². The number of hydrogen-bond donors (Lipinski definition) is 0. The van der Waals surface area contributed by atoms with E-state index in [0.29, 0.717) is 0 Å². The van der Waals surface area contributed by atoms with Crippen molar-refractivity contribution >= 4 is 0 Å². The summed E-state index contributed by atoms with van der Waals surface area (Å²) >= 11 is 0. The SMILES string of the molecule is O=[N+]([O-])[O-].[H+].[Zn]. The Kier molecular flexibility index (Phi) is 6.76. The summed E-state index contributed by atoms with van der Waals surface area (Å²) < 4.78 is 0. The van der Waals surface area contributed by atoms with E-state index in [2.05, 4.69) is 0 Å². The van der Waals surface area contributed by atoms with Gasteiger partial charge in [0.1, 0.15) is 0 Å². The van der Waals surface area contributed by atoms with E-state index < -0.39 is 5.09 Å². The van der Waals surface area contributed by atoms with Crippen molar-refractivity contribution in [3.8, 4) is 0 Å². The normalized spacial score (nSPS) is 4.80. The maximum Gasteiger partial charge on any atom is 1.00 e. The predicted molar refractivity (Wildman–Crippen MR) is 11.5 cm³/mol. The molecule has 0 unspecified atom stereocenters. The molecule has 0 aromatic heterocycles. The van der Waals surface area contributed by atoms with Crippen LogP contribution < -0.4 is 0 Å². The molecule has 0 bridgehead atoms. The Labute approximate surface area is 42.1 Å². The van der Waals surface area contributed by atoms with Gasteiger partial charge in [-0.25, -0.2) is 0 Å². The van der Waals surface area contributed by atoms with Crippen LogP contribution >= 0.6 is 0 Å². The maximum atomic E-state index is 8.25. The summed E-state index contributed by atoms with van der Waals surface area (Å²) in [5, 5.41) is 14.8. The summed E-state index contributed by atoms with van der Waals surface area (Å²) in [5.74, 6) is 0. The molecule has 5 heteroatoms. The Hall–Kier alpha value is -0.177. The molecular weight excluding hydrogens is 127 g/mol. The maximum absolute atomic E-state index is 8.25. The Morgan fingerprint density at radius 1 is 1.60 bits per heavy atom. The monoisotopic (exact) mass is 127 g/mol. The van der Waals surface area contributed by atoms with Crippen LogP contribution in [0.5, 0.6) is 0 Å². The first-order valence-electron chi connectivity index (χ1n) is 0.548. The molecule has 0 aliphatic heterocycles. The van der Waals surface area contributed by atoms with Crippen LogP contribution in [0, 0.1) is 15.3 Å². The van der Waals surface area contributed by atoms with Gasteiger partial charge in [-0.2, -0.15) is 0 Å². The van der Waals surface area contributed by atoms with Crippen molar-refractivity contribution in [2.45, 2.75) is 0 Å². The standard InChI is InChI=1S/NO3.Zn/c2-1(3)4;/q-1;/p+1. The van der Waals surface area contributed by atoms with E-state index in [9.17, 15) is 0 Å². The van der Waals surface area contributed by atoms with Crippen molar-refractivity contribution in [1.82, 2.24) is 0 Å². The number of rotatable bonds is 0. The third-order valence-electron chi connectivity index (χ3n) is 0. The summed E-state index contributed by atoms with van der Waals surface area (Å²) in [4.78, 5) is 8.25. The molecule has 0 fully saturated rings. The van der Waals surface area contributed by atoms with Gasteiger partial charge in [0.25, 0.3) is 0 Å². The fraction of sp³-hybridized carbons (Fsp3) is 0. The molecule has 0 aliphatic rings. The smallest absolute Gasteiger partial charge is 0.356 e. The predicted octanol–water partition coefficient (Wildman–Crippen LogP) is -0.129. The van der Waals surface area contributed by atoms with Gasteiger partial charge < -0.3 is 15.3 Å². The third kappa shape index (κ3) is 407. The fourth-order valence-corrected chi connectivity index (χ4v) is 0. The summed E-state index contributed by atoms with van der Waals surface area (Å²) in [7, 11) is 0. The largest absolute Gasteiger partial charge is 1.00 e. The van der Waals surface area contributed by atoms with Gasteiger partial charge in [-0.3, -0.25) is 0 Å². The number of nitrogens with zero attached hydrogens (tertiary/aromatic N) is 1. The quantitative estimate of drug-likeness (QED) is 0.259. The first-order valence-corrected chi connectivity index (χ1v) is 0.548. The van der Waals surface area contributed by atoms with Gasteiger partial charge in [0.15, 0.2) is 0 Å². The Morgan fingerprint density at radius 2 is 1.60 bits per heavy atom. The Balaban J connectivity index is -0.0000000450. The molecule has 0 aliphatic carbocycles. The zero-order valence-electron chi connectivity index (χ0n) is 3.38. The molecule has 5 heavy (non-hydrogen) atoms. The van der Waals surface area contributed by atoms with E-state index in [-0.39, 0.29) is 20.9 Å². The van der Waals surface area contributed by atoms with Crippen molar-refractivity contribution < 1.29 is 26.0 Å². The van der Waals surface area contributed by atoms with Gasteiger partial charge in [-0.15, -0.1) is 0 Å². The molecule has 0 radical (unpaired) electrons. The molecule has 0 atom stereocenters. The second-order valence-electron chi connectivity index (χ2n) is 0.224. The summed E-state index contributed by atoms with van der Waals surface area (Å²) in [6, 6.07) is 0. The van der Waals surface area contributed by atoms with Crippen molar-refractivity contribution in [2.24, 2.45) is 0 Å². The molecule has 0 aromatic carbocycles. The molecule has 0 saturated heterocycles. The Bertz CT molecular complexity index is 33.8. The van der Waals surface area contributed by atoms with E-state index in [4.69, 9.17) is 15.3 Å². The molecule has 4 nitrogen and oxygen atoms in total. The van der Waals surface area contributed by atoms with Crippen LogP contribution in [0.3, 0.4) is 0 Å². The van der Waals surface area contributed by atoms with Gasteiger partial charge >= 0.3 is 1.43 Å². The zero-order valence-corrected chi connectivity index (χ0v) is 5.35. The van der Waals surface area contributed by atoms with Crippen LogP contribution in [0.15, 0.2) is 0 Å². The number of hydrogen-bond acceptors (Lipinski definition) is 3. The van der Waals surface area contributed by atoms with Crippen LogP contribution in [0.1, 0.15) is 1.43 Å². The molecule has 0 rings (SSSR count). The summed E-state index contributed by atoms with van der Waals surface area (Å²) in [6.45, 7) is 0. The van der Waals surface area contributed by atoms with Gasteiger partial charge in [0.05, 0.1) is 5.09 Å². The minimum atomic E-state index is -1.75. The molecular formula is HNO3Zn. The van der Waals surface area contributed by atoms with Crippen molar-refractivity contribution in [2.75, 3.05) is 0 Å². The molecule has 0 spiro atoms. The molecule has 0 N–H and O–H groups in total. The van der Waals surface area contributed by atoms with Gasteiger partial charge in [0.2, 0.25) is 0 Å². The first-order chi connectivity index (χ1) is 1.73. The molecule has 0 heterocycles.